The molecule has 0 aliphatic carbocycles. The zero-order valence-corrected chi connectivity index (χ0v) is 14.3. The van der Waals surface area contributed by atoms with E-state index in [1.54, 1.807) is 0 Å². The van der Waals surface area contributed by atoms with Gasteiger partial charge in [0.05, 0.1) is 20.3 Å². The Morgan fingerprint density at radius 1 is 1.00 bits per heavy atom. The van der Waals surface area contributed by atoms with Gasteiger partial charge in [0.1, 0.15) is 0 Å². The Balaban J connectivity index is 1.96. The van der Waals surface area contributed by atoms with Crippen molar-refractivity contribution < 1.29 is 19.1 Å². The molecule has 0 amide bonds. The van der Waals surface area contributed by atoms with Crippen molar-refractivity contribution in [2.45, 2.75) is 19.0 Å². The van der Waals surface area contributed by atoms with Crippen molar-refractivity contribution in [3.63, 3.8) is 0 Å². The minimum absolute atomic E-state index is 0.0956. The molecule has 5 heteroatoms. The van der Waals surface area contributed by atoms with Crippen molar-refractivity contribution in [2.24, 2.45) is 5.92 Å². The number of para-hydroxylation sites is 1. The van der Waals surface area contributed by atoms with Gasteiger partial charge in [0.2, 0.25) is 0 Å². The average Bonchev–Trinajstić information content (AvgIpc) is 3.04. The lowest BCUT2D eigenvalue weighted by Crippen LogP contribution is -2.32. The van der Waals surface area contributed by atoms with Gasteiger partial charge in [-0.2, -0.15) is 0 Å². The molecule has 1 aliphatic heterocycles. The van der Waals surface area contributed by atoms with E-state index in [1.165, 1.54) is 19.8 Å². The van der Waals surface area contributed by atoms with Crippen LogP contribution < -0.4 is 4.90 Å². The standard InChI is InChI=1S/C20H21NO4/c1-24-19(22)17(20(23)25-2)12-18-16-11-7-6-8-14(16)13-21(18)15-9-4-3-5-10-15/h3-11,17-18H,12-13H2,1-2H3. The van der Waals surface area contributed by atoms with Crippen LogP contribution in [0.2, 0.25) is 0 Å². The molecule has 0 radical (unpaired) electrons. The van der Waals surface area contributed by atoms with Gasteiger partial charge in [0, 0.05) is 12.2 Å². The van der Waals surface area contributed by atoms with Gasteiger partial charge in [-0.15, -0.1) is 0 Å². The molecule has 3 rings (SSSR count). The highest BCUT2D eigenvalue weighted by atomic mass is 16.5. The zero-order chi connectivity index (χ0) is 17.8. The molecule has 1 unspecified atom stereocenters. The Bertz CT molecular complexity index is 743. The molecule has 2 aromatic carbocycles. The van der Waals surface area contributed by atoms with Crippen LogP contribution in [0.5, 0.6) is 0 Å². The lowest BCUT2D eigenvalue weighted by atomic mass is 9.94. The van der Waals surface area contributed by atoms with Crippen LogP contribution in [0.15, 0.2) is 54.6 Å². The van der Waals surface area contributed by atoms with E-state index in [9.17, 15) is 9.59 Å². The number of hydrogen-bond acceptors (Lipinski definition) is 5. The molecule has 0 bridgehead atoms. The zero-order valence-electron chi connectivity index (χ0n) is 14.3. The van der Waals surface area contributed by atoms with Crippen molar-refractivity contribution >= 4 is 17.6 Å². The van der Waals surface area contributed by atoms with E-state index in [1.807, 2.05) is 42.5 Å². The van der Waals surface area contributed by atoms with Crippen LogP contribution in [0.3, 0.4) is 0 Å². The molecule has 1 aliphatic rings. The van der Waals surface area contributed by atoms with Crippen molar-refractivity contribution in [3.05, 3.63) is 65.7 Å². The van der Waals surface area contributed by atoms with Crippen LogP contribution in [0.25, 0.3) is 0 Å². The van der Waals surface area contributed by atoms with E-state index in [-0.39, 0.29) is 6.04 Å². The predicted octanol–water partition coefficient (Wildman–Crippen LogP) is 3.10. The smallest absolute Gasteiger partial charge is 0.320 e. The monoisotopic (exact) mass is 339 g/mol. The van der Waals surface area contributed by atoms with E-state index in [2.05, 4.69) is 17.0 Å². The Kier molecular flexibility index (Phi) is 5.03. The number of carbonyl (C=O) groups excluding carboxylic acids is 2. The van der Waals surface area contributed by atoms with Gasteiger partial charge in [0.15, 0.2) is 5.92 Å². The first-order valence-electron chi connectivity index (χ1n) is 8.21. The summed E-state index contributed by atoms with van der Waals surface area (Å²) >= 11 is 0. The summed E-state index contributed by atoms with van der Waals surface area (Å²) in [5.74, 6) is -2.08. The number of benzene rings is 2. The molecule has 0 N–H and O–H groups in total. The molecular weight excluding hydrogens is 318 g/mol. The summed E-state index contributed by atoms with van der Waals surface area (Å²) in [7, 11) is 2.58. The number of carbonyl (C=O) groups is 2. The third-order valence-electron chi connectivity index (χ3n) is 4.65. The third-order valence-corrected chi connectivity index (χ3v) is 4.65. The van der Waals surface area contributed by atoms with E-state index in [0.717, 1.165) is 17.8 Å². The average molecular weight is 339 g/mol. The van der Waals surface area contributed by atoms with Crippen LogP contribution in [-0.4, -0.2) is 26.2 Å². The third kappa shape index (κ3) is 3.36. The molecule has 0 saturated carbocycles. The fourth-order valence-electron chi connectivity index (χ4n) is 3.41. The number of methoxy groups -OCH3 is 2. The van der Waals surface area contributed by atoms with Crippen LogP contribution in [0.1, 0.15) is 23.6 Å². The van der Waals surface area contributed by atoms with Crippen LogP contribution in [-0.2, 0) is 25.6 Å². The summed E-state index contributed by atoms with van der Waals surface area (Å²) in [6, 6.07) is 18.0. The van der Waals surface area contributed by atoms with Gasteiger partial charge in [-0.1, -0.05) is 42.5 Å². The first-order chi connectivity index (χ1) is 12.2. The van der Waals surface area contributed by atoms with Crippen LogP contribution >= 0.6 is 0 Å². The normalized spacial score (nSPS) is 15.8. The fraction of sp³-hybridized carbons (Fsp3) is 0.300. The molecule has 1 atom stereocenters. The second-order valence-corrected chi connectivity index (χ2v) is 6.01. The molecular formula is C20H21NO4. The second kappa shape index (κ2) is 7.38. The number of esters is 2. The lowest BCUT2D eigenvalue weighted by Gasteiger charge is -2.29. The summed E-state index contributed by atoms with van der Waals surface area (Å²) in [6.07, 6.45) is 0.311. The van der Waals surface area contributed by atoms with Gasteiger partial charge >= 0.3 is 11.9 Å². The molecule has 5 nitrogen and oxygen atoms in total. The Hall–Kier alpha value is -2.82. The molecule has 0 aromatic heterocycles. The fourth-order valence-corrected chi connectivity index (χ4v) is 3.41. The Labute approximate surface area is 147 Å². The summed E-state index contributed by atoms with van der Waals surface area (Å²) in [4.78, 5) is 26.4. The minimum atomic E-state index is -0.947. The van der Waals surface area contributed by atoms with Crippen LogP contribution in [0, 0.1) is 5.92 Å². The SMILES string of the molecule is COC(=O)C(CC1c2ccccc2CN1c1ccccc1)C(=O)OC. The van der Waals surface area contributed by atoms with Crippen molar-refractivity contribution in [1.29, 1.82) is 0 Å². The molecule has 0 spiro atoms. The maximum absolute atomic E-state index is 12.1. The van der Waals surface area contributed by atoms with Crippen molar-refractivity contribution in [3.8, 4) is 0 Å². The lowest BCUT2D eigenvalue weighted by molar-refractivity contribution is -0.159. The number of ether oxygens (including phenoxy) is 2. The predicted molar refractivity (Wildman–Crippen MR) is 93.9 cm³/mol. The van der Waals surface area contributed by atoms with Gasteiger partial charge in [-0.05, 0) is 29.7 Å². The Morgan fingerprint density at radius 2 is 1.60 bits per heavy atom. The summed E-state index contributed by atoms with van der Waals surface area (Å²) < 4.78 is 9.63. The number of hydrogen-bond donors (Lipinski definition) is 0. The number of nitrogens with zero attached hydrogens (tertiary/aromatic N) is 1. The first-order valence-corrected chi connectivity index (χ1v) is 8.21. The molecule has 130 valence electrons. The van der Waals surface area contributed by atoms with Crippen LogP contribution in [0.4, 0.5) is 5.69 Å². The van der Waals surface area contributed by atoms with E-state index < -0.39 is 17.9 Å². The Morgan fingerprint density at radius 3 is 2.24 bits per heavy atom. The van der Waals surface area contributed by atoms with Crippen molar-refractivity contribution in [1.82, 2.24) is 0 Å². The highest BCUT2D eigenvalue weighted by Gasteiger charge is 2.38. The largest absolute Gasteiger partial charge is 0.468 e. The quantitative estimate of drug-likeness (QED) is 0.619. The highest BCUT2D eigenvalue weighted by molar-refractivity contribution is 5.95. The number of anilines is 1. The topological polar surface area (TPSA) is 55.8 Å². The summed E-state index contributed by atoms with van der Waals surface area (Å²) in [5, 5.41) is 0. The van der Waals surface area contributed by atoms with E-state index in [4.69, 9.17) is 9.47 Å². The van der Waals surface area contributed by atoms with Gasteiger partial charge in [-0.3, -0.25) is 9.59 Å². The molecule has 0 fully saturated rings. The molecule has 2 aromatic rings. The molecule has 25 heavy (non-hydrogen) atoms. The maximum Gasteiger partial charge on any atom is 0.320 e. The van der Waals surface area contributed by atoms with Gasteiger partial charge in [-0.25, -0.2) is 0 Å². The van der Waals surface area contributed by atoms with Gasteiger partial charge < -0.3 is 14.4 Å². The maximum atomic E-state index is 12.1. The molecule has 1 heterocycles. The van der Waals surface area contributed by atoms with Gasteiger partial charge in [0.25, 0.3) is 0 Å². The number of rotatable bonds is 5. The van der Waals surface area contributed by atoms with Crippen molar-refractivity contribution in [2.75, 3.05) is 19.1 Å². The summed E-state index contributed by atoms with van der Waals surface area (Å²) in [6.45, 7) is 0.736. The summed E-state index contributed by atoms with van der Waals surface area (Å²) in [5.41, 5.74) is 3.38. The van der Waals surface area contributed by atoms with E-state index in [0.29, 0.717) is 6.42 Å². The molecule has 0 saturated heterocycles. The number of fused-ring (bicyclic) bond motifs is 1. The highest BCUT2D eigenvalue weighted by Crippen LogP contribution is 2.41. The second-order valence-electron chi connectivity index (χ2n) is 6.01. The minimum Gasteiger partial charge on any atom is -0.468 e. The van der Waals surface area contributed by atoms with E-state index >= 15 is 0 Å². The first kappa shape index (κ1) is 17.0.